The summed E-state index contributed by atoms with van der Waals surface area (Å²) in [6, 6.07) is 0. The standard InChI is InChI=1S/C4H10O4.Pb.2H/c5-1-3(7)4(8)2-6;;;/h3-8H,1-2H2;;;. The van der Waals surface area contributed by atoms with Gasteiger partial charge in [0, 0.05) is 0 Å². The molecule has 0 aromatic rings. The summed E-state index contributed by atoms with van der Waals surface area (Å²) < 4.78 is 0. The second kappa shape index (κ2) is 6.88. The molecule has 0 spiro atoms. The van der Waals surface area contributed by atoms with Crippen LogP contribution in [0.2, 0.25) is 0 Å². The van der Waals surface area contributed by atoms with E-state index in [4.69, 9.17) is 20.4 Å². The topological polar surface area (TPSA) is 80.9 Å². The molecule has 9 heavy (non-hydrogen) atoms. The molecule has 0 aliphatic rings. The number of hydrogen-bond acceptors (Lipinski definition) is 4. The summed E-state index contributed by atoms with van der Waals surface area (Å²) in [5, 5.41) is 33.2. The first kappa shape index (κ1) is 12.4. The van der Waals surface area contributed by atoms with Gasteiger partial charge in [0.2, 0.25) is 0 Å². The third kappa shape index (κ3) is 5.22. The monoisotopic (exact) mass is 332 g/mol. The number of aliphatic hydroxyl groups is 4. The van der Waals surface area contributed by atoms with E-state index in [0.29, 0.717) is 0 Å². The van der Waals surface area contributed by atoms with Gasteiger partial charge in [-0.2, -0.15) is 0 Å². The first-order chi connectivity index (χ1) is 3.72. The summed E-state index contributed by atoms with van der Waals surface area (Å²) in [6.45, 7) is -1.05. The van der Waals surface area contributed by atoms with Gasteiger partial charge in [-0.15, -0.1) is 0 Å². The van der Waals surface area contributed by atoms with E-state index < -0.39 is 25.4 Å². The molecule has 0 rings (SSSR count). The van der Waals surface area contributed by atoms with Crippen LogP contribution >= 0.6 is 0 Å². The van der Waals surface area contributed by atoms with Gasteiger partial charge in [-0.05, 0) is 0 Å². The number of aliphatic hydroxyl groups excluding tert-OH is 4. The fourth-order valence-corrected chi connectivity index (χ4v) is 0.243. The molecule has 0 aromatic carbocycles. The molecular weight excluding hydrogens is 319 g/mol. The third-order valence-electron chi connectivity index (χ3n) is 0.818. The van der Waals surface area contributed by atoms with Crippen molar-refractivity contribution in [3.05, 3.63) is 0 Å². The van der Waals surface area contributed by atoms with E-state index in [-0.39, 0.29) is 27.3 Å². The number of hydrogen-bond donors (Lipinski definition) is 4. The van der Waals surface area contributed by atoms with Crippen molar-refractivity contribution >= 4 is 27.3 Å². The molecule has 4 N–H and O–H groups in total. The molecule has 56 valence electrons. The maximum atomic E-state index is 8.47. The predicted octanol–water partition coefficient (Wildman–Crippen LogP) is -3.22. The van der Waals surface area contributed by atoms with Crippen LogP contribution in [0.1, 0.15) is 0 Å². The average Bonchev–Trinajstić information content (AvgIpc) is 1.84. The SMILES string of the molecule is OCC(O)C(O)CO.[PbH2]. The van der Waals surface area contributed by atoms with Crippen molar-refractivity contribution in [3.8, 4) is 0 Å². The van der Waals surface area contributed by atoms with E-state index in [1.54, 1.807) is 0 Å². The Kier molecular flexibility index (Phi) is 9.50. The van der Waals surface area contributed by atoms with E-state index >= 15 is 0 Å². The molecule has 0 heterocycles. The molecule has 5 heteroatoms. The van der Waals surface area contributed by atoms with Gasteiger partial charge >= 0.3 is 27.3 Å². The molecule has 0 aromatic heterocycles. The zero-order valence-corrected chi connectivity index (χ0v) is 10.6. The van der Waals surface area contributed by atoms with Crippen LogP contribution in [0.25, 0.3) is 0 Å². The van der Waals surface area contributed by atoms with E-state index in [0.717, 1.165) is 0 Å². The Balaban J connectivity index is 0. The van der Waals surface area contributed by atoms with Gasteiger partial charge in [-0.25, -0.2) is 0 Å². The molecule has 0 aliphatic heterocycles. The minimum atomic E-state index is -1.22. The first-order valence-electron chi connectivity index (χ1n) is 2.30. The van der Waals surface area contributed by atoms with Crippen LogP contribution in [0.4, 0.5) is 0 Å². The van der Waals surface area contributed by atoms with Crippen molar-refractivity contribution in [1.82, 2.24) is 0 Å². The zero-order chi connectivity index (χ0) is 6.57. The van der Waals surface area contributed by atoms with Crippen LogP contribution in [0.15, 0.2) is 0 Å². The number of rotatable bonds is 3. The Hall–Kier alpha value is 0.762. The van der Waals surface area contributed by atoms with Gasteiger partial charge in [0.05, 0.1) is 13.2 Å². The molecule has 0 saturated heterocycles. The normalized spacial score (nSPS) is 16.0. The summed E-state index contributed by atoms with van der Waals surface area (Å²) in [5.41, 5.74) is 0. The average molecular weight is 331 g/mol. The fourth-order valence-electron chi connectivity index (χ4n) is 0.243. The van der Waals surface area contributed by atoms with Gasteiger partial charge in [0.25, 0.3) is 0 Å². The van der Waals surface area contributed by atoms with Crippen LogP contribution in [-0.4, -0.2) is 73.1 Å². The molecule has 0 aliphatic carbocycles. The van der Waals surface area contributed by atoms with Gasteiger partial charge in [0.15, 0.2) is 0 Å². The van der Waals surface area contributed by atoms with E-state index in [9.17, 15) is 0 Å². The molecule has 4 nitrogen and oxygen atoms in total. The second-order valence-corrected chi connectivity index (χ2v) is 1.50. The van der Waals surface area contributed by atoms with Crippen LogP contribution in [0.3, 0.4) is 0 Å². The first-order valence-corrected chi connectivity index (χ1v) is 2.30. The molecule has 2 atom stereocenters. The van der Waals surface area contributed by atoms with Crippen LogP contribution in [0.5, 0.6) is 0 Å². The molecular formula is C4H12O4Pb. The van der Waals surface area contributed by atoms with Crippen molar-refractivity contribution in [2.75, 3.05) is 13.2 Å². The van der Waals surface area contributed by atoms with Crippen molar-refractivity contribution in [1.29, 1.82) is 0 Å². The van der Waals surface area contributed by atoms with Crippen molar-refractivity contribution in [3.63, 3.8) is 0 Å². The Morgan fingerprint density at radius 2 is 1.11 bits per heavy atom. The summed E-state index contributed by atoms with van der Waals surface area (Å²) >= 11 is 0. The molecule has 0 fully saturated rings. The van der Waals surface area contributed by atoms with E-state index in [1.165, 1.54) is 0 Å². The maximum absolute atomic E-state index is 8.47. The van der Waals surface area contributed by atoms with Gasteiger partial charge in [-0.1, -0.05) is 0 Å². The zero-order valence-electron chi connectivity index (χ0n) is 5.06. The molecule has 0 saturated carbocycles. The van der Waals surface area contributed by atoms with Gasteiger partial charge in [-0.3, -0.25) is 0 Å². The molecule has 0 amide bonds. The quantitative estimate of drug-likeness (QED) is 0.410. The van der Waals surface area contributed by atoms with Crippen LogP contribution < -0.4 is 0 Å². The Morgan fingerprint density at radius 3 is 1.22 bits per heavy atom. The van der Waals surface area contributed by atoms with Crippen molar-refractivity contribution < 1.29 is 20.4 Å². The van der Waals surface area contributed by atoms with E-state index in [2.05, 4.69) is 0 Å². The summed E-state index contributed by atoms with van der Waals surface area (Å²) in [7, 11) is 0. The second-order valence-electron chi connectivity index (χ2n) is 1.50. The van der Waals surface area contributed by atoms with Crippen LogP contribution in [0, 0.1) is 0 Å². The van der Waals surface area contributed by atoms with E-state index in [1.807, 2.05) is 0 Å². The third-order valence-corrected chi connectivity index (χ3v) is 0.818. The summed E-state index contributed by atoms with van der Waals surface area (Å²) in [4.78, 5) is 0. The summed E-state index contributed by atoms with van der Waals surface area (Å²) in [5.74, 6) is 0. The van der Waals surface area contributed by atoms with Crippen molar-refractivity contribution in [2.45, 2.75) is 12.2 Å². The fraction of sp³-hybridized carbons (Fsp3) is 1.00. The predicted molar refractivity (Wildman–Crippen MR) is 34.7 cm³/mol. The molecule has 2 radical (unpaired) electrons. The van der Waals surface area contributed by atoms with Gasteiger partial charge < -0.3 is 20.4 Å². The Morgan fingerprint density at radius 1 is 0.889 bits per heavy atom. The Bertz CT molecular complexity index is 52.5. The van der Waals surface area contributed by atoms with Crippen LogP contribution in [-0.2, 0) is 0 Å². The molecule has 0 bridgehead atoms. The Labute approximate surface area is 73.3 Å². The molecule has 2 unspecified atom stereocenters. The minimum absolute atomic E-state index is 0. The summed E-state index contributed by atoms with van der Waals surface area (Å²) in [6.07, 6.45) is -2.44. The van der Waals surface area contributed by atoms with Gasteiger partial charge in [0.1, 0.15) is 12.2 Å². The van der Waals surface area contributed by atoms with Crippen molar-refractivity contribution in [2.24, 2.45) is 0 Å².